The van der Waals surface area contributed by atoms with Crippen molar-refractivity contribution in [1.29, 1.82) is 0 Å². The Morgan fingerprint density at radius 1 is 0.906 bits per heavy atom. The standard InChI is InChI=1S/C26H31N3O3/c1-5-27-14-16-28(17-15-27)24-23(20-10-12-21(13-11-20)32-18(2)3)25(30)29(26(24)31)22-9-7-6-8-19(22)4/h6-13,18H,5,14-17H2,1-4H3. The number of aryl methyl sites for hydroxylation is 1. The Bertz CT molecular complexity index is 1030. The number of imide groups is 1. The molecule has 0 N–H and O–H groups in total. The van der Waals surface area contributed by atoms with E-state index in [-0.39, 0.29) is 17.9 Å². The second-order valence-corrected chi connectivity index (χ2v) is 8.57. The predicted molar refractivity (Wildman–Crippen MR) is 126 cm³/mol. The van der Waals surface area contributed by atoms with Crippen LogP contribution in [0, 0.1) is 6.92 Å². The normalized spacial score (nSPS) is 17.7. The summed E-state index contributed by atoms with van der Waals surface area (Å²) in [4.78, 5) is 33.1. The molecule has 0 unspecified atom stereocenters. The molecule has 2 aliphatic heterocycles. The van der Waals surface area contributed by atoms with E-state index in [2.05, 4.69) is 16.7 Å². The van der Waals surface area contributed by atoms with Crippen molar-refractivity contribution in [3.63, 3.8) is 0 Å². The average Bonchev–Trinajstić information content (AvgIpc) is 3.04. The highest BCUT2D eigenvalue weighted by atomic mass is 16.5. The first-order valence-corrected chi connectivity index (χ1v) is 11.3. The zero-order valence-electron chi connectivity index (χ0n) is 19.3. The quantitative estimate of drug-likeness (QED) is 0.650. The average molecular weight is 434 g/mol. The molecule has 1 saturated heterocycles. The molecule has 168 valence electrons. The van der Waals surface area contributed by atoms with Gasteiger partial charge in [-0.15, -0.1) is 0 Å². The minimum Gasteiger partial charge on any atom is -0.491 e. The summed E-state index contributed by atoms with van der Waals surface area (Å²) in [6, 6.07) is 15.0. The molecule has 32 heavy (non-hydrogen) atoms. The van der Waals surface area contributed by atoms with Crippen molar-refractivity contribution in [2.45, 2.75) is 33.8 Å². The molecular formula is C26H31N3O3. The maximum atomic E-state index is 13.7. The molecule has 2 amide bonds. The number of carbonyl (C=O) groups is 2. The summed E-state index contributed by atoms with van der Waals surface area (Å²) in [6.45, 7) is 12.2. The van der Waals surface area contributed by atoms with E-state index in [1.807, 2.05) is 69.3 Å². The van der Waals surface area contributed by atoms with Gasteiger partial charge >= 0.3 is 0 Å². The van der Waals surface area contributed by atoms with Gasteiger partial charge in [-0.25, -0.2) is 4.90 Å². The van der Waals surface area contributed by atoms with Gasteiger partial charge in [0.05, 0.1) is 17.4 Å². The zero-order chi connectivity index (χ0) is 22.8. The lowest BCUT2D eigenvalue weighted by molar-refractivity contribution is -0.120. The maximum Gasteiger partial charge on any atom is 0.282 e. The fourth-order valence-corrected chi connectivity index (χ4v) is 4.36. The Labute approximate surface area is 190 Å². The van der Waals surface area contributed by atoms with Crippen molar-refractivity contribution >= 4 is 23.1 Å². The molecule has 1 fully saturated rings. The molecule has 2 aromatic rings. The highest BCUT2D eigenvalue weighted by Crippen LogP contribution is 2.36. The van der Waals surface area contributed by atoms with Crippen molar-refractivity contribution in [2.75, 3.05) is 37.6 Å². The Kier molecular flexibility index (Phi) is 6.33. The van der Waals surface area contributed by atoms with E-state index in [0.29, 0.717) is 17.0 Å². The molecule has 6 heteroatoms. The van der Waals surface area contributed by atoms with Crippen LogP contribution in [0.4, 0.5) is 5.69 Å². The van der Waals surface area contributed by atoms with Gasteiger partial charge in [-0.2, -0.15) is 0 Å². The van der Waals surface area contributed by atoms with Crippen LogP contribution in [0.25, 0.3) is 5.57 Å². The minimum absolute atomic E-state index is 0.0664. The number of likely N-dealkylation sites (N-methyl/N-ethyl adjacent to an activating group) is 1. The number of piperazine rings is 1. The number of amides is 2. The number of anilines is 1. The first kappa shape index (κ1) is 22.1. The lowest BCUT2D eigenvalue weighted by atomic mass is 10.0. The molecule has 0 atom stereocenters. The molecule has 2 heterocycles. The van der Waals surface area contributed by atoms with Crippen LogP contribution >= 0.6 is 0 Å². The van der Waals surface area contributed by atoms with Gasteiger partial charge in [-0.1, -0.05) is 37.3 Å². The number of hydrogen-bond acceptors (Lipinski definition) is 5. The van der Waals surface area contributed by atoms with E-state index < -0.39 is 0 Å². The molecule has 0 bridgehead atoms. The van der Waals surface area contributed by atoms with Gasteiger partial charge in [-0.3, -0.25) is 9.59 Å². The smallest absolute Gasteiger partial charge is 0.282 e. The summed E-state index contributed by atoms with van der Waals surface area (Å²) in [6.07, 6.45) is 0.0664. The van der Waals surface area contributed by atoms with Crippen LogP contribution in [-0.4, -0.2) is 60.4 Å². The molecular weight excluding hydrogens is 402 g/mol. The number of hydrogen-bond donors (Lipinski definition) is 0. The van der Waals surface area contributed by atoms with Gasteiger partial charge in [-0.05, 0) is 56.6 Å². The summed E-state index contributed by atoms with van der Waals surface area (Å²) in [5.74, 6) is 0.233. The Hall–Kier alpha value is -3.12. The third-order valence-corrected chi connectivity index (χ3v) is 6.07. The summed E-state index contributed by atoms with van der Waals surface area (Å²) >= 11 is 0. The predicted octanol–water partition coefficient (Wildman–Crippen LogP) is 3.70. The van der Waals surface area contributed by atoms with E-state index in [4.69, 9.17) is 4.74 Å². The first-order valence-electron chi connectivity index (χ1n) is 11.3. The monoisotopic (exact) mass is 433 g/mol. The number of para-hydroxylation sites is 1. The molecule has 0 radical (unpaired) electrons. The third-order valence-electron chi connectivity index (χ3n) is 6.07. The van der Waals surface area contributed by atoms with Gasteiger partial charge in [0.1, 0.15) is 11.4 Å². The van der Waals surface area contributed by atoms with Gasteiger partial charge < -0.3 is 14.5 Å². The van der Waals surface area contributed by atoms with E-state index in [1.165, 1.54) is 4.90 Å². The second kappa shape index (κ2) is 9.17. The van der Waals surface area contributed by atoms with Crippen LogP contribution in [-0.2, 0) is 9.59 Å². The van der Waals surface area contributed by atoms with Crippen molar-refractivity contribution in [3.05, 3.63) is 65.4 Å². The summed E-state index contributed by atoms with van der Waals surface area (Å²) in [5.41, 5.74) is 3.25. The highest BCUT2D eigenvalue weighted by molar-refractivity contribution is 6.45. The molecule has 4 rings (SSSR count). The van der Waals surface area contributed by atoms with E-state index in [0.717, 1.165) is 49.6 Å². The van der Waals surface area contributed by atoms with Crippen LogP contribution in [0.3, 0.4) is 0 Å². The maximum absolute atomic E-state index is 13.7. The second-order valence-electron chi connectivity index (χ2n) is 8.57. The fourth-order valence-electron chi connectivity index (χ4n) is 4.36. The molecule has 0 spiro atoms. The molecule has 0 saturated carbocycles. The fraction of sp³-hybridized carbons (Fsp3) is 0.385. The molecule has 2 aromatic carbocycles. The summed E-state index contributed by atoms with van der Waals surface area (Å²) < 4.78 is 5.76. The number of nitrogens with zero attached hydrogens (tertiary/aromatic N) is 3. The highest BCUT2D eigenvalue weighted by Gasteiger charge is 2.43. The number of carbonyl (C=O) groups excluding carboxylic acids is 2. The Morgan fingerprint density at radius 3 is 2.16 bits per heavy atom. The lowest BCUT2D eigenvalue weighted by Gasteiger charge is -2.36. The summed E-state index contributed by atoms with van der Waals surface area (Å²) in [7, 11) is 0. The third kappa shape index (κ3) is 4.15. The minimum atomic E-state index is -0.269. The van der Waals surface area contributed by atoms with Gasteiger partial charge in [0.2, 0.25) is 0 Å². The molecule has 0 aromatic heterocycles. The SMILES string of the molecule is CCN1CCN(C2=C(c3ccc(OC(C)C)cc3)C(=O)N(c3ccccc3C)C2=O)CC1. The molecule has 0 aliphatic carbocycles. The molecule has 2 aliphatic rings. The van der Waals surface area contributed by atoms with Gasteiger partial charge in [0, 0.05) is 26.2 Å². The van der Waals surface area contributed by atoms with E-state index in [9.17, 15) is 9.59 Å². The van der Waals surface area contributed by atoms with Crippen LogP contribution < -0.4 is 9.64 Å². The van der Waals surface area contributed by atoms with Gasteiger partial charge in [0.25, 0.3) is 11.8 Å². The molecule has 6 nitrogen and oxygen atoms in total. The lowest BCUT2D eigenvalue weighted by Crippen LogP contribution is -2.47. The van der Waals surface area contributed by atoms with Crippen LogP contribution in [0.2, 0.25) is 0 Å². The largest absolute Gasteiger partial charge is 0.491 e. The summed E-state index contributed by atoms with van der Waals surface area (Å²) in [5, 5.41) is 0. The number of benzene rings is 2. The van der Waals surface area contributed by atoms with Crippen LogP contribution in [0.5, 0.6) is 5.75 Å². The van der Waals surface area contributed by atoms with Crippen molar-refractivity contribution < 1.29 is 14.3 Å². The van der Waals surface area contributed by atoms with Crippen molar-refractivity contribution in [1.82, 2.24) is 9.80 Å². The van der Waals surface area contributed by atoms with Crippen molar-refractivity contribution in [3.8, 4) is 5.75 Å². The topological polar surface area (TPSA) is 53.1 Å². The zero-order valence-corrected chi connectivity index (χ0v) is 19.3. The van der Waals surface area contributed by atoms with E-state index >= 15 is 0 Å². The van der Waals surface area contributed by atoms with Gasteiger partial charge in [0.15, 0.2) is 0 Å². The van der Waals surface area contributed by atoms with Crippen molar-refractivity contribution in [2.24, 2.45) is 0 Å². The number of ether oxygens (including phenoxy) is 1. The Balaban J connectivity index is 1.75. The Morgan fingerprint density at radius 2 is 1.56 bits per heavy atom. The van der Waals surface area contributed by atoms with E-state index in [1.54, 1.807) is 0 Å². The van der Waals surface area contributed by atoms with Crippen LogP contribution in [0.15, 0.2) is 54.2 Å². The van der Waals surface area contributed by atoms with Crippen LogP contribution in [0.1, 0.15) is 31.9 Å². The number of rotatable bonds is 6. The first-order chi connectivity index (χ1) is 15.4.